The van der Waals surface area contributed by atoms with Crippen LogP contribution in [-0.4, -0.2) is 0 Å². The SMILES string of the molecule is ClCc1cc(Cl)ccc1Sc1ccc(Cl)cc1CCl. The van der Waals surface area contributed by atoms with E-state index in [0.717, 1.165) is 20.9 Å². The van der Waals surface area contributed by atoms with Crippen molar-refractivity contribution < 1.29 is 0 Å². The molecular weight excluding hydrogens is 342 g/mol. The van der Waals surface area contributed by atoms with Crippen LogP contribution in [0.4, 0.5) is 0 Å². The highest BCUT2D eigenvalue weighted by Gasteiger charge is 2.08. The monoisotopic (exact) mass is 350 g/mol. The molecule has 2 rings (SSSR count). The predicted molar refractivity (Wildman–Crippen MR) is 86.1 cm³/mol. The minimum atomic E-state index is 0.423. The average molecular weight is 352 g/mol. The Hall–Kier alpha value is -0.0500. The van der Waals surface area contributed by atoms with Crippen molar-refractivity contribution in [2.45, 2.75) is 21.6 Å². The van der Waals surface area contributed by atoms with Crippen molar-refractivity contribution >= 4 is 58.2 Å². The van der Waals surface area contributed by atoms with Gasteiger partial charge >= 0.3 is 0 Å². The third-order valence-electron chi connectivity index (χ3n) is 2.55. The Labute approximate surface area is 137 Å². The summed E-state index contributed by atoms with van der Waals surface area (Å²) in [4.78, 5) is 2.15. The van der Waals surface area contributed by atoms with Crippen LogP contribution in [0, 0.1) is 0 Å². The van der Waals surface area contributed by atoms with E-state index in [1.165, 1.54) is 0 Å². The zero-order valence-corrected chi connectivity index (χ0v) is 13.6. The number of benzene rings is 2. The molecule has 0 aliphatic rings. The van der Waals surface area contributed by atoms with Crippen molar-refractivity contribution in [3.8, 4) is 0 Å². The smallest absolute Gasteiger partial charge is 0.0485 e. The molecule has 5 heteroatoms. The second kappa shape index (κ2) is 7.10. The summed E-state index contributed by atoms with van der Waals surface area (Å²) in [5.41, 5.74) is 2.02. The summed E-state index contributed by atoms with van der Waals surface area (Å²) < 4.78 is 0. The van der Waals surface area contributed by atoms with Crippen LogP contribution >= 0.6 is 58.2 Å². The maximum atomic E-state index is 5.97. The zero-order chi connectivity index (χ0) is 13.8. The van der Waals surface area contributed by atoms with E-state index in [4.69, 9.17) is 46.4 Å². The molecule has 2 aromatic rings. The van der Waals surface area contributed by atoms with Crippen molar-refractivity contribution in [3.63, 3.8) is 0 Å². The van der Waals surface area contributed by atoms with Gasteiger partial charge in [0.25, 0.3) is 0 Å². The summed E-state index contributed by atoms with van der Waals surface area (Å²) in [5, 5.41) is 1.38. The summed E-state index contributed by atoms with van der Waals surface area (Å²) in [7, 11) is 0. The summed E-state index contributed by atoms with van der Waals surface area (Å²) in [6.07, 6.45) is 0. The van der Waals surface area contributed by atoms with E-state index in [-0.39, 0.29) is 0 Å². The van der Waals surface area contributed by atoms with Gasteiger partial charge in [-0.1, -0.05) is 35.0 Å². The van der Waals surface area contributed by atoms with Crippen LogP contribution < -0.4 is 0 Å². The Morgan fingerprint density at radius 2 is 1.16 bits per heavy atom. The average Bonchev–Trinajstić information content (AvgIpc) is 2.42. The lowest BCUT2D eigenvalue weighted by atomic mass is 10.2. The van der Waals surface area contributed by atoms with Crippen molar-refractivity contribution in [1.82, 2.24) is 0 Å². The van der Waals surface area contributed by atoms with E-state index in [9.17, 15) is 0 Å². The van der Waals surface area contributed by atoms with Crippen LogP contribution in [0.5, 0.6) is 0 Å². The quantitative estimate of drug-likeness (QED) is 0.557. The van der Waals surface area contributed by atoms with Crippen LogP contribution in [0.25, 0.3) is 0 Å². The molecule has 0 amide bonds. The maximum Gasteiger partial charge on any atom is 0.0485 e. The molecule has 100 valence electrons. The Bertz CT molecular complexity index is 532. The van der Waals surface area contributed by atoms with E-state index in [2.05, 4.69) is 0 Å². The highest BCUT2D eigenvalue weighted by Crippen LogP contribution is 2.36. The van der Waals surface area contributed by atoms with Crippen LogP contribution in [0.15, 0.2) is 46.2 Å². The lowest BCUT2D eigenvalue weighted by Crippen LogP contribution is -1.87. The molecule has 0 bridgehead atoms. The van der Waals surface area contributed by atoms with E-state index in [0.29, 0.717) is 21.8 Å². The number of rotatable bonds is 4. The first-order valence-corrected chi connectivity index (χ1v) is 8.15. The molecule has 0 saturated carbocycles. The van der Waals surface area contributed by atoms with Gasteiger partial charge in [0, 0.05) is 31.6 Å². The van der Waals surface area contributed by atoms with Crippen molar-refractivity contribution in [2.24, 2.45) is 0 Å². The van der Waals surface area contributed by atoms with Gasteiger partial charge in [-0.25, -0.2) is 0 Å². The van der Waals surface area contributed by atoms with Gasteiger partial charge in [-0.2, -0.15) is 0 Å². The fraction of sp³-hybridized carbons (Fsp3) is 0.143. The molecule has 0 aliphatic heterocycles. The zero-order valence-electron chi connectivity index (χ0n) is 9.80. The van der Waals surface area contributed by atoms with Gasteiger partial charge in [0.2, 0.25) is 0 Å². The predicted octanol–water partition coefficient (Wildman–Crippen LogP) is 6.62. The third-order valence-corrected chi connectivity index (χ3v) is 4.84. The van der Waals surface area contributed by atoms with Crippen molar-refractivity contribution in [2.75, 3.05) is 0 Å². The molecule has 0 aromatic heterocycles. The van der Waals surface area contributed by atoms with Crippen LogP contribution in [0.2, 0.25) is 10.0 Å². The Balaban J connectivity index is 2.36. The molecule has 0 radical (unpaired) electrons. The molecule has 0 aliphatic carbocycles. The van der Waals surface area contributed by atoms with Gasteiger partial charge < -0.3 is 0 Å². The van der Waals surface area contributed by atoms with Gasteiger partial charge in [-0.05, 0) is 47.5 Å². The minimum Gasteiger partial charge on any atom is -0.122 e. The minimum absolute atomic E-state index is 0.423. The van der Waals surface area contributed by atoms with Crippen LogP contribution in [-0.2, 0) is 11.8 Å². The molecule has 2 aromatic carbocycles. The van der Waals surface area contributed by atoms with Crippen molar-refractivity contribution in [1.29, 1.82) is 0 Å². The summed E-state index contributed by atoms with van der Waals surface area (Å²) in [6.45, 7) is 0. The molecule has 0 unspecified atom stereocenters. The molecule has 0 heterocycles. The first kappa shape index (κ1) is 15.3. The van der Waals surface area contributed by atoms with Crippen LogP contribution in [0.3, 0.4) is 0 Å². The molecule has 0 fully saturated rings. The number of halogens is 4. The fourth-order valence-electron chi connectivity index (χ4n) is 1.62. The van der Waals surface area contributed by atoms with Gasteiger partial charge in [0.1, 0.15) is 0 Å². The summed E-state index contributed by atoms with van der Waals surface area (Å²) >= 11 is 25.5. The molecular formula is C14H10Cl4S. The first-order chi connectivity index (χ1) is 9.13. The standard InChI is InChI=1S/C14H10Cl4S/c15-7-9-5-11(17)1-3-13(9)19-14-4-2-12(18)6-10(14)8-16/h1-6H,7-8H2. The Kier molecular flexibility index (Phi) is 5.73. The molecule has 19 heavy (non-hydrogen) atoms. The molecule has 0 nitrogen and oxygen atoms in total. The molecule has 0 atom stereocenters. The highest BCUT2D eigenvalue weighted by molar-refractivity contribution is 7.99. The maximum absolute atomic E-state index is 5.97. The van der Waals surface area contributed by atoms with Crippen molar-refractivity contribution in [3.05, 3.63) is 57.6 Å². The number of alkyl halides is 2. The van der Waals surface area contributed by atoms with E-state index in [1.54, 1.807) is 11.8 Å². The second-order valence-electron chi connectivity index (χ2n) is 3.87. The normalized spacial score (nSPS) is 10.7. The fourth-order valence-corrected chi connectivity index (χ4v) is 3.65. The van der Waals surface area contributed by atoms with Gasteiger partial charge in [0.05, 0.1) is 0 Å². The third kappa shape index (κ3) is 3.96. The molecule has 0 spiro atoms. The lowest BCUT2D eigenvalue weighted by Gasteiger charge is -2.10. The summed E-state index contributed by atoms with van der Waals surface area (Å²) in [5.74, 6) is 0.847. The van der Waals surface area contributed by atoms with Gasteiger partial charge in [-0.3, -0.25) is 0 Å². The summed E-state index contributed by atoms with van der Waals surface area (Å²) in [6, 6.07) is 11.4. The Morgan fingerprint density at radius 1 is 0.737 bits per heavy atom. The molecule has 0 saturated heterocycles. The number of hydrogen-bond donors (Lipinski definition) is 0. The number of hydrogen-bond acceptors (Lipinski definition) is 1. The van der Waals surface area contributed by atoms with E-state index >= 15 is 0 Å². The second-order valence-corrected chi connectivity index (χ2v) is 6.36. The molecule has 0 N–H and O–H groups in total. The Morgan fingerprint density at radius 3 is 1.53 bits per heavy atom. The van der Waals surface area contributed by atoms with E-state index in [1.807, 2.05) is 36.4 Å². The lowest BCUT2D eigenvalue weighted by molar-refractivity contribution is 1.22. The van der Waals surface area contributed by atoms with E-state index < -0.39 is 0 Å². The van der Waals surface area contributed by atoms with Gasteiger partial charge in [0.15, 0.2) is 0 Å². The van der Waals surface area contributed by atoms with Gasteiger partial charge in [-0.15, -0.1) is 23.2 Å². The highest BCUT2D eigenvalue weighted by atomic mass is 35.5. The topological polar surface area (TPSA) is 0 Å². The largest absolute Gasteiger partial charge is 0.122 e. The van der Waals surface area contributed by atoms with Crippen LogP contribution in [0.1, 0.15) is 11.1 Å². The first-order valence-electron chi connectivity index (χ1n) is 5.50.